The second kappa shape index (κ2) is 5.57. The predicted octanol–water partition coefficient (Wildman–Crippen LogP) is 3.10. The van der Waals surface area contributed by atoms with E-state index in [0.717, 1.165) is 13.1 Å². The van der Waals surface area contributed by atoms with Gasteiger partial charge in [-0.1, -0.05) is 30.3 Å². The summed E-state index contributed by atoms with van der Waals surface area (Å²) in [4.78, 5) is 10.1. The molecule has 0 bridgehead atoms. The molecule has 0 unspecified atom stereocenters. The molecule has 0 radical (unpaired) electrons. The van der Waals surface area contributed by atoms with E-state index in [4.69, 9.17) is 0 Å². The van der Waals surface area contributed by atoms with Crippen LogP contribution in [0.4, 0.5) is 0 Å². The quantitative estimate of drug-likeness (QED) is 0.914. The van der Waals surface area contributed by atoms with Crippen LogP contribution >= 0.6 is 0 Å². The Balaban J connectivity index is 1.67. The molecular weight excluding hydrogens is 234 g/mol. The average Bonchev–Trinajstić information content (AvgIpc) is 2.86. The molecular formula is C16H21N3. The molecule has 0 saturated carbocycles. The van der Waals surface area contributed by atoms with Crippen LogP contribution < -0.4 is 0 Å². The number of imidazole rings is 1. The average molecular weight is 255 g/mol. The van der Waals surface area contributed by atoms with E-state index in [-0.39, 0.29) is 0 Å². The summed E-state index contributed by atoms with van der Waals surface area (Å²) < 4.78 is 0. The molecule has 1 aliphatic heterocycles. The number of nitrogens with zero attached hydrogens (tertiary/aromatic N) is 2. The molecule has 0 amide bonds. The highest BCUT2D eigenvalue weighted by molar-refractivity contribution is 5.20. The highest BCUT2D eigenvalue weighted by Gasteiger charge is 2.21. The van der Waals surface area contributed by atoms with Crippen molar-refractivity contribution in [1.29, 1.82) is 0 Å². The maximum absolute atomic E-state index is 4.41. The van der Waals surface area contributed by atoms with Gasteiger partial charge in [0, 0.05) is 18.8 Å². The first kappa shape index (κ1) is 12.4. The molecule has 3 heteroatoms. The number of H-pyrrole nitrogens is 1. The molecule has 1 aliphatic rings. The minimum absolute atomic E-state index is 0.675. The summed E-state index contributed by atoms with van der Waals surface area (Å²) in [5.74, 6) is 0.675. The van der Waals surface area contributed by atoms with Gasteiger partial charge in [-0.2, -0.15) is 0 Å². The minimum atomic E-state index is 0.675. The molecule has 2 aromatic rings. The summed E-state index contributed by atoms with van der Waals surface area (Å²) >= 11 is 0. The van der Waals surface area contributed by atoms with Gasteiger partial charge in [-0.15, -0.1) is 0 Å². The second-order valence-corrected chi connectivity index (χ2v) is 5.46. The number of hydrogen-bond acceptors (Lipinski definition) is 2. The maximum Gasteiger partial charge on any atom is 0.0925 e. The smallest absolute Gasteiger partial charge is 0.0925 e. The van der Waals surface area contributed by atoms with E-state index in [9.17, 15) is 0 Å². The summed E-state index contributed by atoms with van der Waals surface area (Å²) in [6.45, 7) is 5.41. The van der Waals surface area contributed by atoms with Crippen molar-refractivity contribution < 1.29 is 0 Å². The van der Waals surface area contributed by atoms with Crippen LogP contribution in [-0.4, -0.2) is 28.0 Å². The van der Waals surface area contributed by atoms with E-state index in [1.807, 2.05) is 0 Å². The predicted molar refractivity (Wildman–Crippen MR) is 77.0 cm³/mol. The van der Waals surface area contributed by atoms with Crippen LogP contribution in [0, 0.1) is 6.92 Å². The minimum Gasteiger partial charge on any atom is -0.348 e. The number of likely N-dealkylation sites (tertiary alicyclic amines) is 1. The van der Waals surface area contributed by atoms with Gasteiger partial charge >= 0.3 is 0 Å². The Bertz CT molecular complexity index is 518. The van der Waals surface area contributed by atoms with Crippen LogP contribution in [0.15, 0.2) is 36.7 Å². The number of hydrogen-bond donors (Lipinski definition) is 1. The molecule has 1 aromatic heterocycles. The Morgan fingerprint density at radius 2 is 2.16 bits per heavy atom. The lowest BCUT2D eigenvalue weighted by Crippen LogP contribution is -2.34. The Hall–Kier alpha value is -1.61. The van der Waals surface area contributed by atoms with Gasteiger partial charge in [0.25, 0.3) is 0 Å². The first-order valence-corrected chi connectivity index (χ1v) is 7.09. The third-order valence-corrected chi connectivity index (χ3v) is 4.08. The van der Waals surface area contributed by atoms with Gasteiger partial charge in [-0.3, -0.25) is 4.90 Å². The maximum atomic E-state index is 4.41. The van der Waals surface area contributed by atoms with Gasteiger partial charge in [0.15, 0.2) is 0 Å². The summed E-state index contributed by atoms with van der Waals surface area (Å²) in [6.07, 6.45) is 4.38. The topological polar surface area (TPSA) is 31.9 Å². The molecule has 100 valence electrons. The van der Waals surface area contributed by atoms with Crippen molar-refractivity contribution in [2.45, 2.75) is 32.2 Å². The van der Waals surface area contributed by atoms with Crippen LogP contribution in [0.25, 0.3) is 0 Å². The normalized spacial score (nSPS) is 20.6. The Morgan fingerprint density at radius 3 is 2.89 bits per heavy atom. The summed E-state index contributed by atoms with van der Waals surface area (Å²) in [5.41, 5.74) is 3.86. The van der Waals surface area contributed by atoms with Crippen LogP contribution in [0.1, 0.15) is 35.7 Å². The Labute approximate surface area is 114 Å². The lowest BCUT2D eigenvalue weighted by atomic mass is 9.90. The first-order chi connectivity index (χ1) is 9.33. The van der Waals surface area contributed by atoms with Gasteiger partial charge in [0.1, 0.15) is 0 Å². The molecule has 3 rings (SSSR count). The van der Waals surface area contributed by atoms with Crippen LogP contribution in [0.3, 0.4) is 0 Å². The highest BCUT2D eigenvalue weighted by Crippen LogP contribution is 2.27. The molecule has 1 aromatic carbocycles. The van der Waals surface area contributed by atoms with E-state index >= 15 is 0 Å². The lowest BCUT2D eigenvalue weighted by molar-refractivity contribution is 0.198. The van der Waals surface area contributed by atoms with Crippen molar-refractivity contribution in [2.75, 3.05) is 13.1 Å². The summed E-state index contributed by atoms with van der Waals surface area (Å²) in [5, 5.41) is 0. The fourth-order valence-electron chi connectivity index (χ4n) is 2.95. The van der Waals surface area contributed by atoms with E-state index in [2.05, 4.69) is 52.1 Å². The standard InChI is InChI=1S/C16H21N3/c1-13-16(18-12-17-13)11-19-9-5-8-15(10-19)14-6-3-2-4-7-14/h2-4,6-7,12,15H,5,8-11H2,1H3,(H,17,18)/t15-/m1/s1. The number of aromatic nitrogens is 2. The Kier molecular flexibility index (Phi) is 3.65. The fraction of sp³-hybridized carbons (Fsp3) is 0.438. The first-order valence-electron chi connectivity index (χ1n) is 7.09. The Morgan fingerprint density at radius 1 is 1.32 bits per heavy atom. The lowest BCUT2D eigenvalue weighted by Gasteiger charge is -2.32. The van der Waals surface area contributed by atoms with Gasteiger partial charge in [0.2, 0.25) is 0 Å². The van der Waals surface area contributed by atoms with Gasteiger partial charge in [0.05, 0.1) is 12.0 Å². The molecule has 0 spiro atoms. The fourth-order valence-corrected chi connectivity index (χ4v) is 2.95. The van der Waals surface area contributed by atoms with Gasteiger partial charge in [-0.25, -0.2) is 4.98 Å². The van der Waals surface area contributed by atoms with Crippen molar-refractivity contribution in [3.8, 4) is 0 Å². The molecule has 1 fully saturated rings. The van der Waals surface area contributed by atoms with Crippen molar-refractivity contribution >= 4 is 0 Å². The zero-order valence-corrected chi connectivity index (χ0v) is 11.5. The number of aromatic amines is 1. The van der Waals surface area contributed by atoms with Crippen molar-refractivity contribution in [3.63, 3.8) is 0 Å². The van der Waals surface area contributed by atoms with Crippen molar-refractivity contribution in [1.82, 2.24) is 14.9 Å². The number of aryl methyl sites for hydroxylation is 1. The number of benzene rings is 1. The molecule has 19 heavy (non-hydrogen) atoms. The monoisotopic (exact) mass is 255 g/mol. The van der Waals surface area contributed by atoms with Gasteiger partial charge < -0.3 is 4.98 Å². The van der Waals surface area contributed by atoms with E-state index in [1.54, 1.807) is 6.33 Å². The second-order valence-electron chi connectivity index (χ2n) is 5.46. The molecule has 1 saturated heterocycles. The largest absolute Gasteiger partial charge is 0.348 e. The summed E-state index contributed by atoms with van der Waals surface area (Å²) in [7, 11) is 0. The van der Waals surface area contributed by atoms with Crippen LogP contribution in [-0.2, 0) is 6.54 Å². The third-order valence-electron chi connectivity index (χ3n) is 4.08. The number of piperidine rings is 1. The molecule has 3 nitrogen and oxygen atoms in total. The van der Waals surface area contributed by atoms with Crippen molar-refractivity contribution in [3.05, 3.63) is 53.6 Å². The zero-order valence-electron chi connectivity index (χ0n) is 11.5. The molecule has 0 aliphatic carbocycles. The number of nitrogens with one attached hydrogen (secondary N) is 1. The third kappa shape index (κ3) is 2.87. The van der Waals surface area contributed by atoms with E-state index in [1.165, 1.54) is 36.3 Å². The molecule has 1 atom stereocenters. The highest BCUT2D eigenvalue weighted by atomic mass is 15.1. The number of rotatable bonds is 3. The summed E-state index contributed by atoms with van der Waals surface area (Å²) in [6, 6.07) is 10.9. The van der Waals surface area contributed by atoms with Gasteiger partial charge in [-0.05, 0) is 37.8 Å². The molecule has 1 N–H and O–H groups in total. The van der Waals surface area contributed by atoms with Crippen LogP contribution in [0.2, 0.25) is 0 Å². The van der Waals surface area contributed by atoms with Crippen LogP contribution in [0.5, 0.6) is 0 Å². The SMILES string of the molecule is Cc1[nH]cnc1CN1CCC[C@@H](c2ccccc2)C1. The zero-order chi connectivity index (χ0) is 13.1. The van der Waals surface area contributed by atoms with Crippen molar-refractivity contribution in [2.24, 2.45) is 0 Å². The van der Waals surface area contributed by atoms with E-state index in [0.29, 0.717) is 5.92 Å². The molecule has 2 heterocycles. The van der Waals surface area contributed by atoms with E-state index < -0.39 is 0 Å².